The van der Waals surface area contributed by atoms with Crippen molar-refractivity contribution in [2.75, 3.05) is 5.73 Å². The third-order valence-corrected chi connectivity index (χ3v) is 3.11. The van der Waals surface area contributed by atoms with Crippen LogP contribution in [0.4, 0.5) is 19.0 Å². The van der Waals surface area contributed by atoms with E-state index < -0.39 is 11.7 Å². The number of anilines is 1. The minimum atomic E-state index is -4.43. The fraction of sp³-hybridized carbons (Fsp3) is 0.333. The van der Waals surface area contributed by atoms with Gasteiger partial charge in [-0.1, -0.05) is 25.4 Å². The van der Waals surface area contributed by atoms with Gasteiger partial charge in [0.05, 0.1) is 11.3 Å². The first kappa shape index (κ1) is 14.6. The lowest BCUT2D eigenvalue weighted by molar-refractivity contribution is -0.137. The van der Waals surface area contributed by atoms with Gasteiger partial charge in [-0.25, -0.2) is 4.98 Å². The first-order valence-corrected chi connectivity index (χ1v) is 6.17. The fourth-order valence-corrected chi connectivity index (χ4v) is 1.99. The number of rotatable bonds is 2. The molecule has 0 saturated carbocycles. The van der Waals surface area contributed by atoms with E-state index in [0.717, 1.165) is 12.3 Å². The van der Waals surface area contributed by atoms with Crippen molar-refractivity contribution in [2.24, 2.45) is 0 Å². The Kier molecular flexibility index (Phi) is 3.64. The number of hydrogen-bond acceptors (Lipinski definition) is 3. The summed E-state index contributed by atoms with van der Waals surface area (Å²) in [6, 6.07) is 2.12. The molecule has 2 aromatic heterocycles. The molecule has 2 heterocycles. The fourth-order valence-electron chi connectivity index (χ4n) is 1.65. The summed E-state index contributed by atoms with van der Waals surface area (Å²) in [6.07, 6.45) is -3.69. The van der Waals surface area contributed by atoms with Gasteiger partial charge in [0.15, 0.2) is 5.82 Å². The summed E-state index contributed by atoms with van der Waals surface area (Å²) in [5, 5.41) is 4.48. The Labute approximate surface area is 118 Å². The number of nitrogens with zero attached hydrogens (tertiary/aromatic N) is 3. The van der Waals surface area contributed by atoms with E-state index in [1.165, 1.54) is 10.7 Å². The topological polar surface area (TPSA) is 56.7 Å². The Hall–Kier alpha value is -1.76. The Morgan fingerprint density at radius 2 is 1.95 bits per heavy atom. The Morgan fingerprint density at radius 3 is 2.35 bits per heavy atom. The number of pyridine rings is 1. The van der Waals surface area contributed by atoms with Crippen molar-refractivity contribution in [2.45, 2.75) is 25.9 Å². The van der Waals surface area contributed by atoms with Crippen LogP contribution in [0.2, 0.25) is 5.02 Å². The molecule has 0 aliphatic rings. The average molecular weight is 305 g/mol. The van der Waals surface area contributed by atoms with Crippen molar-refractivity contribution < 1.29 is 13.2 Å². The summed E-state index contributed by atoms with van der Waals surface area (Å²) in [4.78, 5) is 3.73. The number of aromatic nitrogens is 3. The molecule has 0 saturated heterocycles. The van der Waals surface area contributed by atoms with Crippen LogP contribution >= 0.6 is 11.6 Å². The maximum atomic E-state index is 12.5. The zero-order chi connectivity index (χ0) is 15.1. The highest BCUT2D eigenvalue weighted by atomic mass is 35.5. The van der Waals surface area contributed by atoms with Gasteiger partial charge in [-0.05, 0) is 18.1 Å². The van der Waals surface area contributed by atoms with Crippen molar-refractivity contribution >= 4 is 17.4 Å². The molecule has 2 aromatic rings. The standard InChI is InChI=1S/C12H12ClF3N4/c1-6(2)10-9(13)11(17)20(19-10)8-4-3-7(5-18-8)12(14,15)16/h3-6H,17H2,1-2H3. The lowest BCUT2D eigenvalue weighted by atomic mass is 10.1. The van der Waals surface area contributed by atoms with E-state index >= 15 is 0 Å². The van der Waals surface area contributed by atoms with Gasteiger partial charge in [-0.3, -0.25) is 0 Å². The number of halogens is 4. The van der Waals surface area contributed by atoms with Crippen LogP contribution in [0.3, 0.4) is 0 Å². The van der Waals surface area contributed by atoms with Crippen molar-refractivity contribution in [3.8, 4) is 5.82 Å². The van der Waals surface area contributed by atoms with E-state index in [9.17, 15) is 13.2 Å². The quantitative estimate of drug-likeness (QED) is 0.921. The number of nitrogens with two attached hydrogens (primary N) is 1. The van der Waals surface area contributed by atoms with E-state index in [-0.39, 0.29) is 17.6 Å². The highest BCUT2D eigenvalue weighted by molar-refractivity contribution is 6.33. The van der Waals surface area contributed by atoms with Crippen LogP contribution in [0.1, 0.15) is 31.0 Å². The summed E-state index contributed by atoms with van der Waals surface area (Å²) in [6.45, 7) is 3.77. The molecule has 8 heteroatoms. The zero-order valence-electron chi connectivity index (χ0n) is 10.7. The van der Waals surface area contributed by atoms with E-state index in [1.807, 2.05) is 13.8 Å². The Morgan fingerprint density at radius 1 is 1.30 bits per heavy atom. The molecule has 0 bridgehead atoms. The van der Waals surface area contributed by atoms with Crippen LogP contribution in [0.5, 0.6) is 0 Å². The molecule has 20 heavy (non-hydrogen) atoms. The van der Waals surface area contributed by atoms with Crippen LogP contribution in [0, 0.1) is 0 Å². The van der Waals surface area contributed by atoms with E-state index in [4.69, 9.17) is 17.3 Å². The van der Waals surface area contributed by atoms with E-state index in [0.29, 0.717) is 10.7 Å². The van der Waals surface area contributed by atoms with E-state index in [2.05, 4.69) is 10.1 Å². The third kappa shape index (κ3) is 2.58. The monoisotopic (exact) mass is 304 g/mol. The Balaban J connectivity index is 2.45. The summed E-state index contributed by atoms with van der Waals surface area (Å²) >= 11 is 6.05. The average Bonchev–Trinajstić information content (AvgIpc) is 2.66. The first-order valence-electron chi connectivity index (χ1n) is 5.79. The second-order valence-electron chi connectivity index (χ2n) is 4.55. The molecule has 0 amide bonds. The largest absolute Gasteiger partial charge is 0.417 e. The van der Waals surface area contributed by atoms with Crippen LogP contribution in [-0.2, 0) is 6.18 Å². The molecule has 0 aliphatic carbocycles. The number of alkyl halides is 3. The second-order valence-corrected chi connectivity index (χ2v) is 4.93. The minimum absolute atomic E-state index is 0.0421. The highest BCUT2D eigenvalue weighted by Gasteiger charge is 2.31. The molecule has 0 radical (unpaired) electrons. The van der Waals surface area contributed by atoms with Crippen LogP contribution in [-0.4, -0.2) is 14.8 Å². The summed E-state index contributed by atoms with van der Waals surface area (Å²) in [7, 11) is 0. The van der Waals surface area contributed by atoms with Gasteiger partial charge in [-0.2, -0.15) is 23.0 Å². The first-order chi connectivity index (χ1) is 9.21. The van der Waals surface area contributed by atoms with Crippen molar-refractivity contribution in [3.05, 3.63) is 34.6 Å². The maximum absolute atomic E-state index is 12.5. The molecule has 0 aromatic carbocycles. The third-order valence-electron chi connectivity index (χ3n) is 2.72. The zero-order valence-corrected chi connectivity index (χ0v) is 11.5. The molecule has 4 nitrogen and oxygen atoms in total. The van der Waals surface area contributed by atoms with Gasteiger partial charge < -0.3 is 5.73 Å². The van der Waals surface area contributed by atoms with Crippen LogP contribution in [0.25, 0.3) is 5.82 Å². The molecule has 2 N–H and O–H groups in total. The second kappa shape index (κ2) is 4.97. The molecule has 0 aliphatic heterocycles. The molecule has 108 valence electrons. The SMILES string of the molecule is CC(C)c1nn(-c2ccc(C(F)(F)F)cn2)c(N)c1Cl. The smallest absolute Gasteiger partial charge is 0.382 e. The van der Waals surface area contributed by atoms with Gasteiger partial charge in [0, 0.05) is 6.20 Å². The maximum Gasteiger partial charge on any atom is 0.417 e. The van der Waals surface area contributed by atoms with Gasteiger partial charge in [0.2, 0.25) is 0 Å². The molecule has 0 fully saturated rings. The predicted octanol–water partition coefficient (Wildman–Crippen LogP) is 3.65. The van der Waals surface area contributed by atoms with E-state index in [1.54, 1.807) is 0 Å². The van der Waals surface area contributed by atoms with Crippen LogP contribution < -0.4 is 5.73 Å². The molecule has 0 spiro atoms. The summed E-state index contributed by atoms with van der Waals surface area (Å²) in [5.74, 6) is 0.382. The highest BCUT2D eigenvalue weighted by Crippen LogP contribution is 2.32. The van der Waals surface area contributed by atoms with Gasteiger partial charge >= 0.3 is 6.18 Å². The lowest BCUT2D eigenvalue weighted by Crippen LogP contribution is -2.08. The molecule has 2 rings (SSSR count). The number of nitrogen functional groups attached to an aromatic ring is 1. The van der Waals surface area contributed by atoms with Gasteiger partial charge in [0.25, 0.3) is 0 Å². The van der Waals surface area contributed by atoms with Crippen molar-refractivity contribution in [3.63, 3.8) is 0 Å². The van der Waals surface area contributed by atoms with Crippen LogP contribution in [0.15, 0.2) is 18.3 Å². The lowest BCUT2D eigenvalue weighted by Gasteiger charge is -2.07. The predicted molar refractivity (Wildman–Crippen MR) is 69.9 cm³/mol. The molecular formula is C12H12ClF3N4. The van der Waals surface area contributed by atoms with Crippen molar-refractivity contribution in [1.82, 2.24) is 14.8 Å². The van der Waals surface area contributed by atoms with Gasteiger partial charge in [-0.15, -0.1) is 0 Å². The number of hydrogen-bond donors (Lipinski definition) is 1. The summed E-state index contributed by atoms with van der Waals surface area (Å²) < 4.78 is 38.6. The normalized spacial score (nSPS) is 12.2. The van der Waals surface area contributed by atoms with Gasteiger partial charge in [0.1, 0.15) is 10.8 Å². The summed E-state index contributed by atoms with van der Waals surface area (Å²) in [5.41, 5.74) is 5.55. The molecule has 0 atom stereocenters. The molecule has 0 unspecified atom stereocenters. The van der Waals surface area contributed by atoms with Crippen molar-refractivity contribution in [1.29, 1.82) is 0 Å². The minimum Gasteiger partial charge on any atom is -0.382 e. The Bertz CT molecular complexity index is 617. The molecular weight excluding hydrogens is 293 g/mol.